The summed E-state index contributed by atoms with van der Waals surface area (Å²) in [4.78, 5) is 11.4. The van der Waals surface area contributed by atoms with Crippen LogP contribution in [0.25, 0.3) is 0 Å². The quantitative estimate of drug-likeness (QED) is 0.833. The summed E-state index contributed by atoms with van der Waals surface area (Å²) < 4.78 is 0. The Morgan fingerprint density at radius 1 is 1.21 bits per heavy atom. The normalized spacial score (nSPS) is 14.0. The van der Waals surface area contributed by atoms with Gasteiger partial charge in [0.25, 0.3) is 0 Å². The average molecular weight is 272 g/mol. The fourth-order valence-electron chi connectivity index (χ4n) is 2.22. The van der Waals surface area contributed by atoms with Crippen molar-refractivity contribution in [3.05, 3.63) is 53.2 Å². The van der Waals surface area contributed by atoms with Gasteiger partial charge in [-0.3, -0.25) is 0 Å². The van der Waals surface area contributed by atoms with E-state index in [1.54, 1.807) is 0 Å². The van der Waals surface area contributed by atoms with Gasteiger partial charge in [0, 0.05) is 17.8 Å². The van der Waals surface area contributed by atoms with E-state index in [9.17, 15) is 0 Å². The predicted molar refractivity (Wildman–Crippen MR) is 79.8 cm³/mol. The number of rotatable bonds is 2. The number of hydrogen-bond acceptors (Lipinski definition) is 3. The van der Waals surface area contributed by atoms with Crippen LogP contribution >= 0.6 is 11.6 Å². The van der Waals surface area contributed by atoms with Gasteiger partial charge in [0.1, 0.15) is 5.69 Å². The molecule has 3 rings (SSSR count). The van der Waals surface area contributed by atoms with Gasteiger partial charge in [-0.2, -0.15) is 0 Å². The fraction of sp³-hybridized carbons (Fsp3) is 0.200. The highest BCUT2D eigenvalue weighted by atomic mass is 35.5. The molecule has 0 amide bonds. The molecule has 1 aliphatic heterocycles. The molecule has 0 atom stereocenters. The summed E-state index contributed by atoms with van der Waals surface area (Å²) in [5.41, 5.74) is 3.09. The zero-order valence-corrected chi connectivity index (χ0v) is 11.4. The predicted octanol–water partition coefficient (Wildman–Crippen LogP) is 3.70. The second kappa shape index (κ2) is 5.02. The van der Waals surface area contributed by atoms with Crippen molar-refractivity contribution in [2.24, 2.45) is 4.99 Å². The minimum atomic E-state index is 0.745. The zero-order valence-electron chi connectivity index (χ0n) is 10.7. The number of halogens is 1. The standard InChI is InChI=1S/C15H14ClN3/c1-2-19-10-14(11-5-7-12(16)8-6-11)18-13-4-3-9-17-15(13)19/h3-9H,2,10H2,1H3. The van der Waals surface area contributed by atoms with Crippen molar-refractivity contribution in [2.45, 2.75) is 6.92 Å². The Hall–Kier alpha value is -1.87. The van der Waals surface area contributed by atoms with E-state index in [2.05, 4.69) is 16.8 Å². The van der Waals surface area contributed by atoms with Crippen LogP contribution in [-0.2, 0) is 0 Å². The molecule has 3 nitrogen and oxygen atoms in total. The van der Waals surface area contributed by atoms with E-state index in [-0.39, 0.29) is 0 Å². The molecule has 0 radical (unpaired) electrons. The first-order valence-corrected chi connectivity index (χ1v) is 6.69. The summed E-state index contributed by atoms with van der Waals surface area (Å²) in [6.07, 6.45) is 1.81. The Kier molecular flexibility index (Phi) is 3.22. The van der Waals surface area contributed by atoms with E-state index in [0.717, 1.165) is 40.9 Å². The number of nitrogens with zero attached hydrogens (tertiary/aromatic N) is 3. The van der Waals surface area contributed by atoms with E-state index in [1.165, 1.54) is 0 Å². The smallest absolute Gasteiger partial charge is 0.154 e. The van der Waals surface area contributed by atoms with Crippen LogP contribution in [0.5, 0.6) is 0 Å². The number of likely N-dealkylation sites (N-methyl/N-ethyl adjacent to an activating group) is 1. The fourth-order valence-corrected chi connectivity index (χ4v) is 2.34. The van der Waals surface area contributed by atoms with Gasteiger partial charge in [0.05, 0.1) is 12.3 Å². The molecule has 1 aromatic carbocycles. The molecule has 0 saturated carbocycles. The largest absolute Gasteiger partial charge is 0.349 e. The van der Waals surface area contributed by atoms with Crippen molar-refractivity contribution in [1.82, 2.24) is 4.98 Å². The molecule has 0 aliphatic carbocycles. The number of aromatic nitrogens is 1. The first-order valence-electron chi connectivity index (χ1n) is 6.31. The van der Waals surface area contributed by atoms with Crippen LogP contribution < -0.4 is 4.90 Å². The Bertz CT molecular complexity index is 620. The van der Waals surface area contributed by atoms with Gasteiger partial charge in [-0.05, 0) is 36.8 Å². The van der Waals surface area contributed by atoms with Crippen molar-refractivity contribution in [3.8, 4) is 0 Å². The molecule has 0 fully saturated rings. The molecule has 0 bridgehead atoms. The van der Waals surface area contributed by atoms with Crippen LogP contribution in [0.3, 0.4) is 0 Å². The number of fused-ring (bicyclic) bond motifs is 1. The molecule has 0 saturated heterocycles. The van der Waals surface area contributed by atoms with Crippen molar-refractivity contribution in [2.75, 3.05) is 18.0 Å². The maximum absolute atomic E-state index is 5.93. The first kappa shape index (κ1) is 12.2. The van der Waals surface area contributed by atoms with E-state index in [4.69, 9.17) is 16.6 Å². The van der Waals surface area contributed by atoms with Crippen LogP contribution in [0.2, 0.25) is 5.02 Å². The highest BCUT2D eigenvalue weighted by molar-refractivity contribution is 6.30. The van der Waals surface area contributed by atoms with Crippen molar-refractivity contribution in [3.63, 3.8) is 0 Å². The van der Waals surface area contributed by atoms with Crippen molar-refractivity contribution < 1.29 is 0 Å². The third kappa shape index (κ3) is 2.34. The zero-order chi connectivity index (χ0) is 13.2. The van der Waals surface area contributed by atoms with E-state index < -0.39 is 0 Å². The molecule has 1 aliphatic rings. The molecule has 1 aromatic heterocycles. The highest BCUT2D eigenvalue weighted by Gasteiger charge is 2.19. The van der Waals surface area contributed by atoms with Gasteiger partial charge < -0.3 is 4.90 Å². The van der Waals surface area contributed by atoms with Crippen LogP contribution in [0.15, 0.2) is 47.6 Å². The lowest BCUT2D eigenvalue weighted by Crippen LogP contribution is -2.33. The summed E-state index contributed by atoms with van der Waals surface area (Å²) in [6.45, 7) is 3.82. The number of anilines is 1. The lowest BCUT2D eigenvalue weighted by Gasteiger charge is -2.28. The number of benzene rings is 1. The third-order valence-corrected chi connectivity index (χ3v) is 3.47. The molecule has 0 N–H and O–H groups in total. The molecule has 0 spiro atoms. The lowest BCUT2D eigenvalue weighted by atomic mass is 10.1. The van der Waals surface area contributed by atoms with Gasteiger partial charge >= 0.3 is 0 Å². The molecular weight excluding hydrogens is 258 g/mol. The Morgan fingerprint density at radius 2 is 2.00 bits per heavy atom. The Morgan fingerprint density at radius 3 is 2.74 bits per heavy atom. The SMILES string of the molecule is CCN1CC(c2ccc(Cl)cc2)=Nc2cccnc21. The monoisotopic (exact) mass is 271 g/mol. The van der Waals surface area contributed by atoms with Crippen LogP contribution in [-0.4, -0.2) is 23.8 Å². The summed E-state index contributed by atoms with van der Waals surface area (Å²) in [5, 5.41) is 0.745. The highest BCUT2D eigenvalue weighted by Crippen LogP contribution is 2.30. The third-order valence-electron chi connectivity index (χ3n) is 3.22. The second-order valence-electron chi connectivity index (χ2n) is 4.43. The molecular formula is C15H14ClN3. The number of aliphatic imine (C=N–C) groups is 1. The summed E-state index contributed by atoms with van der Waals surface area (Å²) in [6, 6.07) is 11.7. The number of hydrogen-bond donors (Lipinski definition) is 0. The molecule has 2 heterocycles. The summed E-state index contributed by atoms with van der Waals surface area (Å²) >= 11 is 5.93. The Labute approximate surface area is 117 Å². The average Bonchev–Trinajstić information content (AvgIpc) is 2.47. The van der Waals surface area contributed by atoms with Gasteiger partial charge in [0.15, 0.2) is 5.82 Å². The van der Waals surface area contributed by atoms with Crippen LogP contribution in [0.4, 0.5) is 11.5 Å². The maximum Gasteiger partial charge on any atom is 0.154 e. The van der Waals surface area contributed by atoms with Gasteiger partial charge in [-0.15, -0.1) is 0 Å². The number of pyridine rings is 1. The molecule has 0 unspecified atom stereocenters. The van der Waals surface area contributed by atoms with Crippen LogP contribution in [0, 0.1) is 0 Å². The summed E-state index contributed by atoms with van der Waals surface area (Å²) in [5.74, 6) is 0.961. The van der Waals surface area contributed by atoms with E-state index >= 15 is 0 Å². The summed E-state index contributed by atoms with van der Waals surface area (Å²) in [7, 11) is 0. The van der Waals surface area contributed by atoms with E-state index in [1.807, 2.05) is 42.6 Å². The molecule has 19 heavy (non-hydrogen) atoms. The maximum atomic E-state index is 5.93. The van der Waals surface area contributed by atoms with Crippen LogP contribution in [0.1, 0.15) is 12.5 Å². The van der Waals surface area contributed by atoms with Gasteiger partial charge in [0.2, 0.25) is 0 Å². The topological polar surface area (TPSA) is 28.5 Å². The minimum Gasteiger partial charge on any atom is -0.349 e. The van der Waals surface area contributed by atoms with Crippen molar-refractivity contribution >= 4 is 28.8 Å². The second-order valence-corrected chi connectivity index (χ2v) is 4.86. The van der Waals surface area contributed by atoms with Crippen molar-refractivity contribution in [1.29, 1.82) is 0 Å². The minimum absolute atomic E-state index is 0.745. The van der Waals surface area contributed by atoms with Gasteiger partial charge in [-0.1, -0.05) is 23.7 Å². The van der Waals surface area contributed by atoms with E-state index in [0.29, 0.717) is 0 Å². The Balaban J connectivity index is 2.05. The molecule has 96 valence electrons. The van der Waals surface area contributed by atoms with Gasteiger partial charge in [-0.25, -0.2) is 9.98 Å². The lowest BCUT2D eigenvalue weighted by molar-refractivity contribution is 0.887. The first-order chi connectivity index (χ1) is 9.28. The molecule has 2 aromatic rings. The molecule has 4 heteroatoms.